The molecule has 1 aromatic carbocycles. The van der Waals surface area contributed by atoms with Gasteiger partial charge < -0.3 is 14.2 Å². The first kappa shape index (κ1) is 18.5. The zero-order valence-electron chi connectivity index (χ0n) is 13.4. The summed E-state index contributed by atoms with van der Waals surface area (Å²) in [6, 6.07) is 3.97. The van der Waals surface area contributed by atoms with Gasteiger partial charge in [-0.05, 0) is 62.8 Å². The maximum atomic E-state index is 5.16. The summed E-state index contributed by atoms with van der Waals surface area (Å²) in [4.78, 5) is 0. The highest BCUT2D eigenvalue weighted by atomic mass is 79.9. The van der Waals surface area contributed by atoms with E-state index < -0.39 is 0 Å². The van der Waals surface area contributed by atoms with E-state index in [0.29, 0.717) is 0 Å². The molecule has 0 radical (unpaired) electrons. The van der Waals surface area contributed by atoms with E-state index in [1.54, 1.807) is 7.11 Å². The van der Waals surface area contributed by atoms with Crippen LogP contribution < -0.4 is 4.74 Å². The van der Waals surface area contributed by atoms with Crippen LogP contribution in [0.2, 0.25) is 0 Å². The lowest BCUT2D eigenvalue weighted by Gasteiger charge is -2.07. The minimum absolute atomic E-state index is 0.950. The first-order chi connectivity index (χ1) is 10.2. The Bertz CT molecular complexity index is 374. The molecule has 0 unspecified atom stereocenters. The lowest BCUT2D eigenvalue weighted by Crippen LogP contribution is -1.89. The van der Waals surface area contributed by atoms with Crippen molar-refractivity contribution in [3.63, 3.8) is 0 Å². The van der Waals surface area contributed by atoms with Gasteiger partial charge in [0.15, 0.2) is 0 Å². The molecular formula is C17H27BrO3. The van der Waals surface area contributed by atoms with Crippen LogP contribution in [-0.2, 0) is 9.47 Å². The molecule has 4 heteroatoms. The highest BCUT2D eigenvalue weighted by Gasteiger charge is 2.03. The standard InChI is InChI=1S/C9H11BrO.2C4H8O/c1-6-7(2)9(11-3)5-4-8(6)10;2*1-2-4-5-3-1/h4-5H,1-3H3;2*1-4H2. The molecule has 120 valence electrons. The van der Waals surface area contributed by atoms with E-state index in [4.69, 9.17) is 14.2 Å². The molecule has 2 saturated heterocycles. The molecule has 0 bridgehead atoms. The van der Waals surface area contributed by atoms with Gasteiger partial charge in [0.25, 0.3) is 0 Å². The van der Waals surface area contributed by atoms with Crippen LogP contribution >= 0.6 is 15.9 Å². The molecule has 3 nitrogen and oxygen atoms in total. The number of hydrogen-bond acceptors (Lipinski definition) is 3. The van der Waals surface area contributed by atoms with Crippen molar-refractivity contribution in [2.45, 2.75) is 39.5 Å². The van der Waals surface area contributed by atoms with Crippen molar-refractivity contribution in [2.75, 3.05) is 33.5 Å². The van der Waals surface area contributed by atoms with Gasteiger partial charge in [-0.1, -0.05) is 15.9 Å². The van der Waals surface area contributed by atoms with Crippen LogP contribution in [0.3, 0.4) is 0 Å². The van der Waals surface area contributed by atoms with Gasteiger partial charge in [0.1, 0.15) is 5.75 Å². The second kappa shape index (κ2) is 11.0. The van der Waals surface area contributed by atoms with Crippen molar-refractivity contribution in [3.8, 4) is 5.75 Å². The van der Waals surface area contributed by atoms with Crippen LogP contribution in [0.4, 0.5) is 0 Å². The number of rotatable bonds is 1. The highest BCUT2D eigenvalue weighted by Crippen LogP contribution is 2.26. The van der Waals surface area contributed by atoms with Crippen LogP contribution in [0.15, 0.2) is 16.6 Å². The SMILES string of the molecule is C1CCOC1.C1CCOC1.COc1ccc(Br)c(C)c1C. The maximum Gasteiger partial charge on any atom is 0.122 e. The summed E-state index contributed by atoms with van der Waals surface area (Å²) >= 11 is 3.45. The largest absolute Gasteiger partial charge is 0.496 e. The molecule has 21 heavy (non-hydrogen) atoms. The van der Waals surface area contributed by atoms with Gasteiger partial charge in [-0.3, -0.25) is 0 Å². The van der Waals surface area contributed by atoms with Crippen LogP contribution in [0.25, 0.3) is 0 Å². The molecule has 0 amide bonds. The third-order valence-electron chi connectivity index (χ3n) is 3.55. The summed E-state index contributed by atoms with van der Waals surface area (Å²) in [6.07, 6.45) is 5.11. The van der Waals surface area contributed by atoms with Gasteiger partial charge in [0, 0.05) is 30.9 Å². The molecule has 2 aliphatic heterocycles. The van der Waals surface area contributed by atoms with E-state index in [0.717, 1.165) is 36.6 Å². The van der Waals surface area contributed by atoms with Crippen LogP contribution in [-0.4, -0.2) is 33.5 Å². The lowest BCUT2D eigenvalue weighted by molar-refractivity contribution is 0.198. The third-order valence-corrected chi connectivity index (χ3v) is 4.41. The van der Waals surface area contributed by atoms with Crippen molar-refractivity contribution in [1.29, 1.82) is 0 Å². The fourth-order valence-electron chi connectivity index (χ4n) is 2.00. The molecule has 0 N–H and O–H groups in total. The Balaban J connectivity index is 0.000000181. The predicted molar refractivity (Wildman–Crippen MR) is 90.3 cm³/mol. The summed E-state index contributed by atoms with van der Waals surface area (Å²) in [7, 11) is 1.69. The van der Waals surface area contributed by atoms with E-state index >= 15 is 0 Å². The predicted octanol–water partition coefficient (Wildman–Crippen LogP) is 4.67. The fraction of sp³-hybridized carbons (Fsp3) is 0.647. The molecule has 2 fully saturated rings. The van der Waals surface area contributed by atoms with Gasteiger partial charge in [-0.15, -0.1) is 0 Å². The van der Waals surface area contributed by atoms with E-state index in [1.165, 1.54) is 36.8 Å². The summed E-state index contributed by atoms with van der Waals surface area (Å²) in [5.41, 5.74) is 2.44. The Morgan fingerprint density at radius 2 is 1.33 bits per heavy atom. The maximum absolute atomic E-state index is 5.16. The van der Waals surface area contributed by atoms with E-state index in [2.05, 4.69) is 29.8 Å². The van der Waals surface area contributed by atoms with E-state index in [1.807, 2.05) is 12.1 Å². The number of halogens is 1. The number of ether oxygens (including phenoxy) is 3. The van der Waals surface area contributed by atoms with Gasteiger partial charge in [0.2, 0.25) is 0 Å². The summed E-state index contributed by atoms with van der Waals surface area (Å²) < 4.78 is 16.2. The summed E-state index contributed by atoms with van der Waals surface area (Å²) in [5.74, 6) is 0.950. The van der Waals surface area contributed by atoms with Crippen molar-refractivity contribution < 1.29 is 14.2 Å². The quantitative estimate of drug-likeness (QED) is 0.729. The Hall–Kier alpha value is -0.580. The van der Waals surface area contributed by atoms with Crippen molar-refractivity contribution >= 4 is 15.9 Å². The highest BCUT2D eigenvalue weighted by molar-refractivity contribution is 9.10. The van der Waals surface area contributed by atoms with Crippen molar-refractivity contribution in [1.82, 2.24) is 0 Å². The van der Waals surface area contributed by atoms with Crippen molar-refractivity contribution in [2.24, 2.45) is 0 Å². The third kappa shape index (κ3) is 7.30. The Kier molecular flexibility index (Phi) is 9.72. The Labute approximate surface area is 137 Å². The number of hydrogen-bond donors (Lipinski definition) is 0. The topological polar surface area (TPSA) is 27.7 Å². The molecule has 3 rings (SSSR count). The van der Waals surface area contributed by atoms with Gasteiger partial charge in [0.05, 0.1) is 7.11 Å². The molecule has 1 aromatic rings. The summed E-state index contributed by atoms with van der Waals surface area (Å²) in [5, 5.41) is 0. The zero-order valence-corrected chi connectivity index (χ0v) is 15.0. The molecule has 0 aromatic heterocycles. The molecule has 0 aliphatic carbocycles. The van der Waals surface area contributed by atoms with Crippen molar-refractivity contribution in [3.05, 3.63) is 27.7 Å². The Morgan fingerprint density at radius 1 is 0.857 bits per heavy atom. The Morgan fingerprint density at radius 3 is 1.67 bits per heavy atom. The van der Waals surface area contributed by atoms with Crippen LogP contribution in [0.5, 0.6) is 5.75 Å². The second-order valence-corrected chi connectivity index (χ2v) is 5.99. The second-order valence-electron chi connectivity index (χ2n) is 5.14. The smallest absolute Gasteiger partial charge is 0.122 e. The van der Waals surface area contributed by atoms with Crippen LogP contribution in [0, 0.1) is 13.8 Å². The number of methoxy groups -OCH3 is 1. The molecule has 2 heterocycles. The molecular weight excluding hydrogens is 332 g/mol. The van der Waals surface area contributed by atoms with E-state index in [9.17, 15) is 0 Å². The van der Waals surface area contributed by atoms with Gasteiger partial charge >= 0.3 is 0 Å². The van der Waals surface area contributed by atoms with Gasteiger partial charge in [-0.25, -0.2) is 0 Å². The average Bonchev–Trinajstić information content (AvgIpc) is 3.22. The molecule has 0 spiro atoms. The normalized spacial score (nSPS) is 16.6. The first-order valence-corrected chi connectivity index (χ1v) is 8.41. The molecule has 0 saturated carbocycles. The number of benzene rings is 1. The van der Waals surface area contributed by atoms with Gasteiger partial charge in [-0.2, -0.15) is 0 Å². The minimum Gasteiger partial charge on any atom is -0.496 e. The monoisotopic (exact) mass is 358 g/mol. The minimum atomic E-state index is 0.950. The lowest BCUT2D eigenvalue weighted by atomic mass is 10.1. The fourth-order valence-corrected chi connectivity index (χ4v) is 2.43. The average molecular weight is 359 g/mol. The molecule has 0 atom stereocenters. The zero-order chi connectivity index (χ0) is 15.5. The summed E-state index contributed by atoms with van der Waals surface area (Å²) in [6.45, 7) is 8.13. The van der Waals surface area contributed by atoms with Crippen LogP contribution in [0.1, 0.15) is 36.8 Å². The molecule has 2 aliphatic rings. The van der Waals surface area contributed by atoms with E-state index in [-0.39, 0.29) is 0 Å². The first-order valence-electron chi connectivity index (χ1n) is 7.62.